The van der Waals surface area contributed by atoms with Crippen LogP contribution >= 0.6 is 0 Å². The molecule has 46 heavy (non-hydrogen) atoms. The molecule has 0 spiro atoms. The second kappa shape index (κ2) is 14.5. The van der Waals surface area contributed by atoms with Crippen LogP contribution in [0.25, 0.3) is 5.69 Å². The molecule has 2 aromatic rings. The van der Waals surface area contributed by atoms with E-state index in [9.17, 15) is 39.0 Å². The molecule has 2 aliphatic rings. The number of benzene rings is 1. The Morgan fingerprint density at radius 1 is 1.15 bits per heavy atom. The number of Topliss-reactive ketones (excluding diaryl/α,β-unsaturated/α-hetero) is 1. The maximum Gasteiger partial charge on any atom is 0.419 e. The quantitative estimate of drug-likeness (QED) is 0.129. The van der Waals surface area contributed by atoms with E-state index in [0.29, 0.717) is 41.1 Å². The van der Waals surface area contributed by atoms with Crippen LogP contribution in [0.5, 0.6) is 0 Å². The molecule has 2 heterocycles. The standard InChI is InChI=1S/C31H37N5O10/c1-5-17(2)32-30-33-23-14-35(15-37)18(3)13-22(23)28(42)36(30)21-11-9-20(10-12-21)27(41)34(4)31(44)46-16-45-29(43)26(40)25(39)24(38)19-7-6-8-19/h5,9-12,15,17-19,25-26,39-40H,1,6-8,13-14,16H2,2-4H3,(H,32,33). The monoisotopic (exact) mass is 639 g/mol. The predicted octanol–water partition coefficient (Wildman–Crippen LogP) is 0.922. The SMILES string of the molecule is C=CC(C)Nc1nc2c(c(=O)n1-c1ccc(C(=O)N(C)C(=O)OCOC(=O)C(O)C(O)C(=O)C3CCC3)cc1)CC(C)N(C=O)C2. The van der Waals surface area contributed by atoms with Gasteiger partial charge in [-0.3, -0.25) is 19.2 Å². The van der Waals surface area contributed by atoms with Crippen LogP contribution in [0.1, 0.15) is 54.7 Å². The number of rotatable bonds is 12. The molecule has 4 rings (SSSR count). The molecule has 15 nitrogen and oxygen atoms in total. The summed E-state index contributed by atoms with van der Waals surface area (Å²) in [5, 5.41) is 23.0. The van der Waals surface area contributed by atoms with E-state index in [1.807, 2.05) is 13.8 Å². The molecular weight excluding hydrogens is 602 g/mol. The summed E-state index contributed by atoms with van der Waals surface area (Å²) in [6, 6.07) is 5.37. The first kappa shape index (κ1) is 34.0. The number of esters is 1. The summed E-state index contributed by atoms with van der Waals surface area (Å²) >= 11 is 0. The molecule has 1 aromatic heterocycles. The Labute approximate surface area is 264 Å². The molecule has 1 aromatic carbocycles. The van der Waals surface area contributed by atoms with Gasteiger partial charge in [-0.15, -0.1) is 6.58 Å². The van der Waals surface area contributed by atoms with Crippen LogP contribution in [-0.2, 0) is 36.8 Å². The minimum atomic E-state index is -2.15. The maximum atomic E-state index is 13.7. The summed E-state index contributed by atoms with van der Waals surface area (Å²) in [6.07, 6.45) is -0.654. The van der Waals surface area contributed by atoms with Crippen LogP contribution in [0.2, 0.25) is 0 Å². The average molecular weight is 640 g/mol. The zero-order valence-corrected chi connectivity index (χ0v) is 25.7. The number of hydrogen-bond donors (Lipinski definition) is 3. The molecule has 246 valence electrons. The molecule has 1 aliphatic carbocycles. The highest BCUT2D eigenvalue weighted by Gasteiger charge is 2.38. The molecule has 4 unspecified atom stereocenters. The predicted molar refractivity (Wildman–Crippen MR) is 162 cm³/mol. The van der Waals surface area contributed by atoms with E-state index in [0.717, 1.165) is 19.9 Å². The number of ketones is 1. The smallest absolute Gasteiger partial charge is 0.419 e. The summed E-state index contributed by atoms with van der Waals surface area (Å²) in [5.41, 5.74) is 1.07. The number of aliphatic hydroxyl groups excluding tert-OH is 2. The Morgan fingerprint density at radius 2 is 1.83 bits per heavy atom. The van der Waals surface area contributed by atoms with E-state index in [1.54, 1.807) is 11.0 Å². The lowest BCUT2D eigenvalue weighted by molar-refractivity contribution is -0.171. The van der Waals surface area contributed by atoms with Crippen molar-refractivity contribution in [3.63, 3.8) is 0 Å². The van der Waals surface area contributed by atoms with Crippen molar-refractivity contribution >= 4 is 36.1 Å². The number of aliphatic hydroxyl groups is 2. The third-order valence-electron chi connectivity index (χ3n) is 8.18. The van der Waals surface area contributed by atoms with Crippen molar-refractivity contribution in [3.05, 3.63) is 64.1 Å². The van der Waals surface area contributed by atoms with Gasteiger partial charge in [0.05, 0.1) is 17.9 Å². The van der Waals surface area contributed by atoms with Crippen molar-refractivity contribution in [2.75, 3.05) is 19.2 Å². The fraction of sp³-hybridized carbons (Fsp3) is 0.452. The molecule has 3 N–H and O–H groups in total. The lowest BCUT2D eigenvalue weighted by Gasteiger charge is -2.31. The van der Waals surface area contributed by atoms with E-state index < -0.39 is 48.7 Å². The van der Waals surface area contributed by atoms with E-state index in [2.05, 4.69) is 21.6 Å². The highest BCUT2D eigenvalue weighted by Crippen LogP contribution is 2.29. The average Bonchev–Trinajstić information content (AvgIpc) is 3.02. The molecule has 1 aliphatic heterocycles. The van der Waals surface area contributed by atoms with Crippen LogP contribution < -0.4 is 10.9 Å². The van der Waals surface area contributed by atoms with E-state index >= 15 is 0 Å². The van der Waals surface area contributed by atoms with E-state index in [4.69, 9.17) is 4.74 Å². The highest BCUT2D eigenvalue weighted by molar-refractivity contribution is 6.02. The van der Waals surface area contributed by atoms with Crippen LogP contribution in [0.3, 0.4) is 0 Å². The molecule has 3 amide bonds. The van der Waals surface area contributed by atoms with Gasteiger partial charge in [-0.1, -0.05) is 12.5 Å². The second-order valence-corrected chi connectivity index (χ2v) is 11.3. The lowest BCUT2D eigenvalue weighted by atomic mass is 9.79. The molecule has 0 radical (unpaired) electrons. The van der Waals surface area contributed by atoms with Crippen molar-refractivity contribution in [1.29, 1.82) is 0 Å². The van der Waals surface area contributed by atoms with Crippen molar-refractivity contribution in [1.82, 2.24) is 19.4 Å². The topological polar surface area (TPSA) is 198 Å². The minimum Gasteiger partial charge on any atom is -0.426 e. The van der Waals surface area contributed by atoms with Gasteiger partial charge in [-0.2, -0.15) is 0 Å². The number of imide groups is 1. The van der Waals surface area contributed by atoms with E-state index in [1.165, 1.54) is 28.8 Å². The molecule has 1 saturated carbocycles. The molecule has 0 saturated heterocycles. The fourth-order valence-electron chi connectivity index (χ4n) is 4.99. The Kier molecular flexibility index (Phi) is 10.7. The maximum absolute atomic E-state index is 13.7. The van der Waals surface area contributed by atoms with Gasteiger partial charge in [0.15, 0.2) is 11.9 Å². The highest BCUT2D eigenvalue weighted by atomic mass is 16.7. The van der Waals surface area contributed by atoms with Crippen molar-refractivity contribution in [3.8, 4) is 5.69 Å². The van der Waals surface area contributed by atoms with Gasteiger partial charge in [0.25, 0.3) is 11.5 Å². The molecule has 0 bridgehead atoms. The Morgan fingerprint density at radius 3 is 2.41 bits per heavy atom. The number of nitrogens with one attached hydrogen (secondary N) is 1. The lowest BCUT2D eigenvalue weighted by Crippen LogP contribution is -2.45. The van der Waals surface area contributed by atoms with Gasteiger partial charge in [-0.05, 0) is 57.4 Å². The largest absolute Gasteiger partial charge is 0.426 e. The Hall–Kier alpha value is -4.89. The van der Waals surface area contributed by atoms with Crippen LogP contribution in [-0.4, -0.2) is 97.9 Å². The third-order valence-corrected chi connectivity index (χ3v) is 8.18. The first-order valence-electron chi connectivity index (χ1n) is 14.7. The van der Waals surface area contributed by atoms with Crippen molar-refractivity contribution in [2.24, 2.45) is 5.92 Å². The third kappa shape index (κ3) is 7.15. The summed E-state index contributed by atoms with van der Waals surface area (Å²) in [7, 11) is 1.14. The van der Waals surface area contributed by atoms with Gasteiger partial charge in [0, 0.05) is 36.2 Å². The van der Waals surface area contributed by atoms with Crippen LogP contribution in [0.15, 0.2) is 41.7 Å². The number of carbonyl (C=O) groups is 5. The molecular formula is C31H37N5O10. The first-order chi connectivity index (χ1) is 21.9. The van der Waals surface area contributed by atoms with Crippen molar-refractivity contribution in [2.45, 2.75) is 70.4 Å². The van der Waals surface area contributed by atoms with Gasteiger partial charge in [0.2, 0.25) is 19.2 Å². The fourth-order valence-corrected chi connectivity index (χ4v) is 4.99. The summed E-state index contributed by atoms with van der Waals surface area (Å²) in [6.45, 7) is 6.62. The number of hydrogen-bond acceptors (Lipinski definition) is 12. The zero-order valence-electron chi connectivity index (χ0n) is 25.7. The van der Waals surface area contributed by atoms with Gasteiger partial charge >= 0.3 is 12.1 Å². The van der Waals surface area contributed by atoms with E-state index in [-0.39, 0.29) is 35.7 Å². The number of fused-ring (bicyclic) bond motifs is 1. The van der Waals surface area contributed by atoms with Gasteiger partial charge < -0.3 is 29.9 Å². The van der Waals surface area contributed by atoms with Crippen LogP contribution in [0, 0.1) is 5.92 Å². The first-order valence-corrected chi connectivity index (χ1v) is 14.7. The van der Waals surface area contributed by atoms with Gasteiger partial charge in [0.1, 0.15) is 6.10 Å². The summed E-state index contributed by atoms with van der Waals surface area (Å²) in [5.74, 6) is -3.00. The second-order valence-electron chi connectivity index (χ2n) is 11.3. The zero-order chi connectivity index (χ0) is 33.7. The Bertz CT molecular complexity index is 1570. The number of ether oxygens (including phenoxy) is 2. The number of amides is 3. The molecule has 15 heteroatoms. The van der Waals surface area contributed by atoms with Crippen molar-refractivity contribution < 1.29 is 43.7 Å². The Balaban J connectivity index is 1.43. The number of anilines is 1. The summed E-state index contributed by atoms with van der Waals surface area (Å²) < 4.78 is 10.8. The number of aromatic nitrogens is 2. The summed E-state index contributed by atoms with van der Waals surface area (Å²) in [4.78, 5) is 81.5. The minimum absolute atomic E-state index is 0.0661. The van der Waals surface area contributed by atoms with Crippen LogP contribution in [0.4, 0.5) is 10.7 Å². The molecule has 4 atom stereocenters. The normalized spacial score (nSPS) is 17.8. The van der Waals surface area contributed by atoms with Gasteiger partial charge in [-0.25, -0.2) is 24.0 Å². The number of carbonyl (C=O) groups excluding carboxylic acids is 5. The number of nitrogens with zero attached hydrogens (tertiary/aromatic N) is 4. The molecule has 1 fully saturated rings.